The monoisotopic (exact) mass is 533 g/mol. The van der Waals surface area contributed by atoms with E-state index >= 15 is 0 Å². The number of amides is 1. The predicted octanol–water partition coefficient (Wildman–Crippen LogP) is 4.49. The van der Waals surface area contributed by atoms with Crippen LogP contribution in [-0.4, -0.2) is 40.1 Å². The number of carbonyl (C=O) groups is 1. The zero-order valence-corrected chi connectivity index (χ0v) is 21.3. The van der Waals surface area contributed by atoms with Gasteiger partial charge in [0.2, 0.25) is 10.0 Å². The van der Waals surface area contributed by atoms with Crippen molar-refractivity contribution in [2.45, 2.75) is 29.6 Å². The topological polar surface area (TPSA) is 113 Å². The molecule has 8 nitrogen and oxygen atoms in total. The van der Waals surface area contributed by atoms with E-state index in [1.165, 1.54) is 40.7 Å². The van der Waals surface area contributed by atoms with Crippen LogP contribution in [0.25, 0.3) is 0 Å². The van der Waals surface area contributed by atoms with E-state index in [1.54, 1.807) is 37.3 Å². The number of aryl methyl sites for hydroxylation is 1. The van der Waals surface area contributed by atoms with Crippen molar-refractivity contribution < 1.29 is 21.6 Å². The lowest BCUT2D eigenvalue weighted by molar-refractivity contribution is 0.102. The minimum atomic E-state index is -3.91. The van der Waals surface area contributed by atoms with Gasteiger partial charge < -0.3 is 5.32 Å². The van der Waals surface area contributed by atoms with Gasteiger partial charge in [0, 0.05) is 35.1 Å². The van der Waals surface area contributed by atoms with Gasteiger partial charge in [-0.15, -0.1) is 0 Å². The Labute approximate surface area is 210 Å². The largest absolute Gasteiger partial charge is 0.322 e. The number of benzene rings is 3. The molecule has 3 aromatic carbocycles. The van der Waals surface area contributed by atoms with Crippen LogP contribution < -0.4 is 10.0 Å². The Hall–Kier alpha value is -2.92. The molecule has 2 N–H and O–H groups in total. The Morgan fingerprint density at radius 3 is 2.09 bits per heavy atom. The van der Waals surface area contributed by atoms with Gasteiger partial charge in [0.05, 0.1) is 9.79 Å². The molecule has 184 valence electrons. The van der Waals surface area contributed by atoms with Crippen molar-refractivity contribution in [1.82, 2.24) is 4.31 Å². The molecule has 11 heteroatoms. The number of anilines is 2. The normalized spacial score (nSPS) is 14.6. The van der Waals surface area contributed by atoms with Crippen molar-refractivity contribution in [2.24, 2.45) is 0 Å². The summed E-state index contributed by atoms with van der Waals surface area (Å²) < 4.78 is 54.9. The minimum Gasteiger partial charge on any atom is -0.322 e. The lowest BCUT2D eigenvalue weighted by Crippen LogP contribution is -2.27. The zero-order chi connectivity index (χ0) is 25.2. The lowest BCUT2D eigenvalue weighted by Gasteiger charge is -2.16. The molecule has 1 heterocycles. The van der Waals surface area contributed by atoms with Crippen LogP contribution in [0.3, 0.4) is 0 Å². The second kappa shape index (κ2) is 9.98. The maximum absolute atomic E-state index is 12.8. The Balaban J connectivity index is 1.51. The molecule has 0 bridgehead atoms. The van der Waals surface area contributed by atoms with Crippen LogP contribution in [0.4, 0.5) is 11.4 Å². The lowest BCUT2D eigenvalue weighted by atomic mass is 10.1. The van der Waals surface area contributed by atoms with Crippen LogP contribution in [0.2, 0.25) is 5.02 Å². The Kier molecular flexibility index (Phi) is 7.18. The minimum absolute atomic E-state index is 0.0274. The van der Waals surface area contributed by atoms with E-state index in [1.807, 2.05) is 0 Å². The van der Waals surface area contributed by atoms with Gasteiger partial charge in [0.15, 0.2) is 0 Å². The van der Waals surface area contributed by atoms with E-state index < -0.39 is 26.0 Å². The Morgan fingerprint density at radius 2 is 1.46 bits per heavy atom. The summed E-state index contributed by atoms with van der Waals surface area (Å²) in [5.41, 5.74) is 1.58. The first kappa shape index (κ1) is 25.2. The first-order valence-corrected chi connectivity index (χ1v) is 14.2. The van der Waals surface area contributed by atoms with Gasteiger partial charge in [0.1, 0.15) is 0 Å². The van der Waals surface area contributed by atoms with E-state index in [-0.39, 0.29) is 15.4 Å². The first-order chi connectivity index (χ1) is 16.6. The molecule has 3 aromatic rings. The summed E-state index contributed by atoms with van der Waals surface area (Å²) in [7, 11) is -7.49. The summed E-state index contributed by atoms with van der Waals surface area (Å²) >= 11 is 5.85. The van der Waals surface area contributed by atoms with Crippen molar-refractivity contribution >= 4 is 48.9 Å². The molecule has 0 saturated carbocycles. The van der Waals surface area contributed by atoms with Crippen molar-refractivity contribution in [2.75, 3.05) is 23.1 Å². The maximum atomic E-state index is 12.8. The molecule has 0 unspecified atom stereocenters. The van der Waals surface area contributed by atoms with E-state index in [0.717, 1.165) is 12.8 Å². The van der Waals surface area contributed by atoms with E-state index in [2.05, 4.69) is 10.0 Å². The second-order valence-corrected chi connectivity index (χ2v) is 12.2. The van der Waals surface area contributed by atoms with E-state index in [4.69, 9.17) is 11.6 Å². The third-order valence-corrected chi connectivity index (χ3v) is 9.23. The molecule has 1 amide bonds. The standard InChI is InChI=1S/C24H24ClN3O5S2/c1-17-4-11-22(34(30,31)27-20-9-7-19(25)8-10-20)16-23(17)26-24(29)18-5-12-21(13-6-18)35(32,33)28-14-2-3-15-28/h4-13,16,27H,2-3,14-15H2,1H3,(H,26,29). The number of rotatable bonds is 7. The Bertz CT molecular complexity index is 1450. The van der Waals surface area contributed by atoms with Gasteiger partial charge >= 0.3 is 0 Å². The highest BCUT2D eigenvalue weighted by Crippen LogP contribution is 2.25. The molecule has 0 aliphatic carbocycles. The second-order valence-electron chi connectivity index (χ2n) is 8.18. The van der Waals surface area contributed by atoms with Gasteiger partial charge in [-0.1, -0.05) is 17.7 Å². The fourth-order valence-electron chi connectivity index (χ4n) is 3.69. The number of hydrogen-bond acceptors (Lipinski definition) is 5. The SMILES string of the molecule is Cc1ccc(S(=O)(=O)Nc2ccc(Cl)cc2)cc1NC(=O)c1ccc(S(=O)(=O)N2CCCC2)cc1. The smallest absolute Gasteiger partial charge is 0.261 e. The molecular formula is C24H24ClN3O5S2. The van der Waals surface area contributed by atoms with Gasteiger partial charge in [0.25, 0.3) is 15.9 Å². The van der Waals surface area contributed by atoms with Gasteiger partial charge in [-0.2, -0.15) is 4.31 Å². The maximum Gasteiger partial charge on any atom is 0.261 e. The molecule has 1 saturated heterocycles. The fourth-order valence-corrected chi connectivity index (χ4v) is 6.41. The average molecular weight is 534 g/mol. The molecule has 4 rings (SSSR count). The summed E-state index contributed by atoms with van der Waals surface area (Å²) in [4.78, 5) is 12.9. The van der Waals surface area contributed by atoms with Crippen LogP contribution in [0.1, 0.15) is 28.8 Å². The third-order valence-electron chi connectivity index (χ3n) is 5.68. The number of sulfonamides is 2. The van der Waals surface area contributed by atoms with Crippen molar-refractivity contribution in [3.05, 3.63) is 82.9 Å². The Morgan fingerprint density at radius 1 is 0.857 bits per heavy atom. The predicted molar refractivity (Wildman–Crippen MR) is 136 cm³/mol. The van der Waals surface area contributed by atoms with Crippen LogP contribution in [0.5, 0.6) is 0 Å². The number of hydrogen-bond donors (Lipinski definition) is 2. The third kappa shape index (κ3) is 5.67. The molecular weight excluding hydrogens is 510 g/mol. The van der Waals surface area contributed by atoms with E-state index in [0.29, 0.717) is 35.1 Å². The number of halogens is 1. The fraction of sp³-hybridized carbons (Fsp3) is 0.208. The molecule has 0 atom stereocenters. The van der Waals surface area contributed by atoms with Crippen molar-refractivity contribution in [3.63, 3.8) is 0 Å². The molecule has 1 aliphatic rings. The molecule has 0 radical (unpaired) electrons. The molecule has 1 fully saturated rings. The zero-order valence-electron chi connectivity index (χ0n) is 18.9. The number of carbonyl (C=O) groups excluding carboxylic acids is 1. The summed E-state index contributed by atoms with van der Waals surface area (Å²) in [6.07, 6.45) is 1.67. The van der Waals surface area contributed by atoms with Crippen LogP contribution in [0.15, 0.2) is 76.5 Å². The summed E-state index contributed by atoms with van der Waals surface area (Å²) in [5.74, 6) is -0.488. The number of nitrogens with zero attached hydrogens (tertiary/aromatic N) is 1. The first-order valence-electron chi connectivity index (χ1n) is 10.9. The highest BCUT2D eigenvalue weighted by molar-refractivity contribution is 7.92. The average Bonchev–Trinajstić information content (AvgIpc) is 3.38. The highest BCUT2D eigenvalue weighted by Gasteiger charge is 2.27. The van der Waals surface area contributed by atoms with Crippen molar-refractivity contribution in [1.29, 1.82) is 0 Å². The summed E-state index contributed by atoms with van der Waals surface area (Å²) in [6, 6.07) is 16.3. The van der Waals surface area contributed by atoms with Crippen LogP contribution in [-0.2, 0) is 20.0 Å². The van der Waals surface area contributed by atoms with E-state index in [9.17, 15) is 21.6 Å². The van der Waals surface area contributed by atoms with Gasteiger partial charge in [-0.05, 0) is 86.0 Å². The number of nitrogens with one attached hydrogen (secondary N) is 2. The molecule has 1 aliphatic heterocycles. The molecule has 35 heavy (non-hydrogen) atoms. The van der Waals surface area contributed by atoms with Gasteiger partial charge in [-0.25, -0.2) is 16.8 Å². The summed E-state index contributed by atoms with van der Waals surface area (Å²) in [6.45, 7) is 2.73. The van der Waals surface area contributed by atoms with Gasteiger partial charge in [-0.3, -0.25) is 9.52 Å². The van der Waals surface area contributed by atoms with Crippen LogP contribution in [0, 0.1) is 6.92 Å². The molecule has 0 aromatic heterocycles. The van der Waals surface area contributed by atoms with Crippen molar-refractivity contribution in [3.8, 4) is 0 Å². The summed E-state index contributed by atoms with van der Waals surface area (Å²) in [5, 5.41) is 3.20. The van der Waals surface area contributed by atoms with Crippen LogP contribution >= 0.6 is 11.6 Å². The molecule has 0 spiro atoms. The quantitative estimate of drug-likeness (QED) is 0.465. The highest BCUT2D eigenvalue weighted by atomic mass is 35.5.